The topological polar surface area (TPSA) is 9.23 Å². The molecule has 2 aromatic rings. The van der Waals surface area contributed by atoms with E-state index in [2.05, 4.69) is 51.1 Å². The highest BCUT2D eigenvalue weighted by Crippen LogP contribution is 2.25. The molecule has 0 fully saturated rings. The van der Waals surface area contributed by atoms with Crippen LogP contribution < -0.4 is 4.74 Å². The first-order valence-corrected chi connectivity index (χ1v) is 5.95. The van der Waals surface area contributed by atoms with Crippen molar-refractivity contribution in [1.29, 1.82) is 0 Å². The molecule has 0 radical (unpaired) electrons. The highest BCUT2D eigenvalue weighted by atomic mass is 16.5. The lowest BCUT2D eigenvalue weighted by atomic mass is 10.1. The Morgan fingerprint density at radius 1 is 0.941 bits per heavy atom. The minimum atomic E-state index is 0.0803. The molecule has 2 aromatic carbocycles. The van der Waals surface area contributed by atoms with Gasteiger partial charge >= 0.3 is 0 Å². The van der Waals surface area contributed by atoms with Crippen LogP contribution in [0.3, 0.4) is 0 Å². The third-order valence-corrected chi connectivity index (χ3v) is 2.92. The van der Waals surface area contributed by atoms with Gasteiger partial charge in [-0.2, -0.15) is 0 Å². The minimum absolute atomic E-state index is 0.0803. The number of rotatable bonds is 3. The van der Waals surface area contributed by atoms with Crippen LogP contribution in [0.15, 0.2) is 48.5 Å². The van der Waals surface area contributed by atoms with Crippen LogP contribution in [0.2, 0.25) is 0 Å². The average Bonchev–Trinajstić information content (AvgIpc) is 2.35. The summed E-state index contributed by atoms with van der Waals surface area (Å²) in [6.07, 6.45) is 0.0803. The Bertz CT molecular complexity index is 488. The van der Waals surface area contributed by atoms with Crippen LogP contribution in [0.25, 0.3) is 0 Å². The molecule has 0 saturated heterocycles. The lowest BCUT2D eigenvalue weighted by Crippen LogP contribution is -2.04. The third-order valence-electron chi connectivity index (χ3n) is 2.92. The van der Waals surface area contributed by atoms with Crippen LogP contribution in [0.4, 0.5) is 0 Å². The molecule has 0 spiro atoms. The summed E-state index contributed by atoms with van der Waals surface area (Å²) in [5.41, 5.74) is 3.61. The van der Waals surface area contributed by atoms with E-state index in [0.29, 0.717) is 0 Å². The molecule has 0 N–H and O–H groups in total. The molecule has 1 unspecified atom stereocenters. The molecule has 1 nitrogen and oxygen atoms in total. The molecule has 0 aliphatic rings. The smallest absolute Gasteiger partial charge is 0.123 e. The van der Waals surface area contributed by atoms with Crippen LogP contribution in [0.1, 0.15) is 29.7 Å². The first kappa shape index (κ1) is 11.7. The number of aryl methyl sites for hydroxylation is 2. The molecule has 0 saturated carbocycles. The number of hydrogen-bond donors (Lipinski definition) is 0. The van der Waals surface area contributed by atoms with Gasteiger partial charge in [-0.15, -0.1) is 0 Å². The van der Waals surface area contributed by atoms with Crippen molar-refractivity contribution in [2.24, 2.45) is 0 Å². The van der Waals surface area contributed by atoms with Crippen molar-refractivity contribution in [2.45, 2.75) is 26.9 Å². The standard InChI is InChI=1S/C16H18O/c1-12-9-10-13(2)16(11-12)17-14(3)15-7-5-4-6-8-15/h4-11,14H,1-3H3. The first-order chi connectivity index (χ1) is 8.16. The van der Waals surface area contributed by atoms with E-state index in [1.807, 2.05) is 18.2 Å². The predicted octanol–water partition coefficient (Wildman–Crippen LogP) is 4.44. The molecule has 17 heavy (non-hydrogen) atoms. The molecular formula is C16H18O. The van der Waals surface area contributed by atoms with Crippen molar-refractivity contribution in [2.75, 3.05) is 0 Å². The zero-order valence-corrected chi connectivity index (χ0v) is 10.6. The molecule has 1 atom stereocenters. The Balaban J connectivity index is 2.18. The highest BCUT2D eigenvalue weighted by Gasteiger charge is 2.08. The molecule has 1 heteroatoms. The Morgan fingerprint density at radius 3 is 2.35 bits per heavy atom. The molecule has 0 heterocycles. The van der Waals surface area contributed by atoms with Crippen LogP contribution in [-0.4, -0.2) is 0 Å². The first-order valence-electron chi connectivity index (χ1n) is 5.95. The lowest BCUT2D eigenvalue weighted by molar-refractivity contribution is 0.225. The predicted molar refractivity (Wildman–Crippen MR) is 71.4 cm³/mol. The lowest BCUT2D eigenvalue weighted by Gasteiger charge is -2.17. The SMILES string of the molecule is Cc1ccc(C)c(OC(C)c2ccccc2)c1. The zero-order valence-electron chi connectivity index (χ0n) is 10.6. The number of benzene rings is 2. The third kappa shape index (κ3) is 2.88. The normalized spacial score (nSPS) is 12.2. The van der Waals surface area contributed by atoms with Crippen molar-refractivity contribution in [3.8, 4) is 5.75 Å². The summed E-state index contributed by atoms with van der Waals surface area (Å²) in [5.74, 6) is 0.973. The summed E-state index contributed by atoms with van der Waals surface area (Å²) >= 11 is 0. The number of ether oxygens (including phenoxy) is 1. The molecule has 0 amide bonds. The van der Waals surface area contributed by atoms with Crippen molar-refractivity contribution in [1.82, 2.24) is 0 Å². The fourth-order valence-electron chi connectivity index (χ4n) is 1.82. The average molecular weight is 226 g/mol. The Labute approximate surface area is 103 Å². The van der Waals surface area contributed by atoms with Crippen molar-refractivity contribution in [3.63, 3.8) is 0 Å². The highest BCUT2D eigenvalue weighted by molar-refractivity contribution is 5.36. The van der Waals surface area contributed by atoms with Crippen molar-refractivity contribution >= 4 is 0 Å². The fourth-order valence-corrected chi connectivity index (χ4v) is 1.82. The summed E-state index contributed by atoms with van der Waals surface area (Å²) < 4.78 is 6.01. The van der Waals surface area contributed by atoms with E-state index in [1.165, 1.54) is 16.7 Å². The molecular weight excluding hydrogens is 208 g/mol. The minimum Gasteiger partial charge on any atom is -0.486 e. The van der Waals surface area contributed by atoms with Crippen LogP contribution in [-0.2, 0) is 0 Å². The van der Waals surface area contributed by atoms with Gasteiger partial charge in [-0.05, 0) is 43.5 Å². The van der Waals surface area contributed by atoms with Gasteiger partial charge in [0.05, 0.1) is 0 Å². The molecule has 0 aliphatic carbocycles. The van der Waals surface area contributed by atoms with Gasteiger partial charge in [0.15, 0.2) is 0 Å². The van der Waals surface area contributed by atoms with Gasteiger partial charge in [-0.25, -0.2) is 0 Å². The van der Waals surface area contributed by atoms with E-state index in [0.717, 1.165) is 5.75 Å². The molecule has 0 aromatic heterocycles. The van der Waals surface area contributed by atoms with E-state index in [1.54, 1.807) is 0 Å². The summed E-state index contributed by atoms with van der Waals surface area (Å²) in [6, 6.07) is 16.6. The molecule has 88 valence electrons. The second-order valence-electron chi connectivity index (χ2n) is 4.44. The second-order valence-corrected chi connectivity index (χ2v) is 4.44. The van der Waals surface area contributed by atoms with Crippen LogP contribution in [0, 0.1) is 13.8 Å². The Morgan fingerprint density at radius 2 is 1.65 bits per heavy atom. The van der Waals surface area contributed by atoms with E-state index in [9.17, 15) is 0 Å². The second kappa shape index (κ2) is 5.05. The van der Waals surface area contributed by atoms with Crippen LogP contribution >= 0.6 is 0 Å². The van der Waals surface area contributed by atoms with Crippen molar-refractivity contribution in [3.05, 3.63) is 65.2 Å². The quantitative estimate of drug-likeness (QED) is 0.751. The van der Waals surface area contributed by atoms with Gasteiger partial charge in [0.25, 0.3) is 0 Å². The van der Waals surface area contributed by atoms with Gasteiger partial charge < -0.3 is 4.74 Å². The largest absolute Gasteiger partial charge is 0.486 e. The molecule has 2 rings (SSSR count). The van der Waals surface area contributed by atoms with E-state index >= 15 is 0 Å². The maximum absolute atomic E-state index is 6.01. The van der Waals surface area contributed by atoms with Gasteiger partial charge in [-0.1, -0.05) is 42.5 Å². The monoisotopic (exact) mass is 226 g/mol. The molecule has 0 bridgehead atoms. The van der Waals surface area contributed by atoms with Crippen molar-refractivity contribution < 1.29 is 4.74 Å². The van der Waals surface area contributed by atoms with E-state index < -0.39 is 0 Å². The summed E-state index contributed by atoms with van der Waals surface area (Å²) in [6.45, 7) is 6.24. The van der Waals surface area contributed by atoms with E-state index in [4.69, 9.17) is 4.74 Å². The molecule has 0 aliphatic heterocycles. The maximum Gasteiger partial charge on any atom is 0.123 e. The fraction of sp³-hybridized carbons (Fsp3) is 0.250. The summed E-state index contributed by atoms with van der Waals surface area (Å²) in [5, 5.41) is 0. The van der Waals surface area contributed by atoms with Crippen LogP contribution in [0.5, 0.6) is 5.75 Å². The number of hydrogen-bond acceptors (Lipinski definition) is 1. The Hall–Kier alpha value is -1.76. The summed E-state index contributed by atoms with van der Waals surface area (Å²) in [7, 11) is 0. The van der Waals surface area contributed by atoms with Gasteiger partial charge in [0.1, 0.15) is 11.9 Å². The summed E-state index contributed by atoms with van der Waals surface area (Å²) in [4.78, 5) is 0. The van der Waals surface area contributed by atoms with E-state index in [-0.39, 0.29) is 6.10 Å². The van der Waals surface area contributed by atoms with Gasteiger partial charge in [0.2, 0.25) is 0 Å². The maximum atomic E-state index is 6.01. The van der Waals surface area contributed by atoms with Gasteiger partial charge in [0, 0.05) is 0 Å². The van der Waals surface area contributed by atoms with Gasteiger partial charge in [-0.3, -0.25) is 0 Å². The Kier molecular flexibility index (Phi) is 3.48. The zero-order chi connectivity index (χ0) is 12.3.